The number of piperidine rings is 1. The SMILES string of the molecule is O=C(c1ccc2c(c1)nc(Nc1ccccc1)n2-c1cccc(Cl)c1)N1CCCCC1. The molecule has 0 radical (unpaired) electrons. The molecule has 6 heteroatoms. The predicted octanol–water partition coefficient (Wildman–Crippen LogP) is 6.05. The normalized spacial score (nSPS) is 14.0. The zero-order valence-corrected chi connectivity index (χ0v) is 17.8. The molecule has 0 saturated carbocycles. The molecule has 1 N–H and O–H groups in total. The molecule has 5 nitrogen and oxygen atoms in total. The van der Waals surface area contributed by atoms with E-state index in [1.165, 1.54) is 6.42 Å². The average molecular weight is 431 g/mol. The van der Waals surface area contributed by atoms with Crippen molar-refractivity contribution in [2.75, 3.05) is 18.4 Å². The maximum absolute atomic E-state index is 13.0. The lowest BCUT2D eigenvalue weighted by Gasteiger charge is -2.26. The van der Waals surface area contributed by atoms with E-state index in [-0.39, 0.29) is 5.91 Å². The van der Waals surface area contributed by atoms with E-state index in [1.807, 2.05) is 82.3 Å². The third kappa shape index (κ3) is 4.01. The van der Waals surface area contributed by atoms with E-state index in [0.717, 1.165) is 48.3 Å². The van der Waals surface area contributed by atoms with Crippen molar-refractivity contribution in [1.82, 2.24) is 14.5 Å². The van der Waals surface area contributed by atoms with Crippen LogP contribution < -0.4 is 5.32 Å². The quantitative estimate of drug-likeness (QED) is 0.428. The molecule has 2 heterocycles. The minimum absolute atomic E-state index is 0.0801. The number of rotatable bonds is 4. The fourth-order valence-corrected chi connectivity index (χ4v) is 4.29. The van der Waals surface area contributed by atoms with Gasteiger partial charge in [0, 0.05) is 29.4 Å². The lowest BCUT2D eigenvalue weighted by Crippen LogP contribution is -2.35. The van der Waals surface area contributed by atoms with Gasteiger partial charge in [-0.05, 0) is 67.8 Å². The van der Waals surface area contributed by atoms with Gasteiger partial charge in [-0.1, -0.05) is 35.9 Å². The van der Waals surface area contributed by atoms with Gasteiger partial charge in [-0.25, -0.2) is 4.98 Å². The summed E-state index contributed by atoms with van der Waals surface area (Å²) in [5, 5.41) is 4.06. The van der Waals surface area contributed by atoms with Gasteiger partial charge >= 0.3 is 0 Å². The summed E-state index contributed by atoms with van der Waals surface area (Å²) in [5.74, 6) is 0.752. The molecule has 0 atom stereocenters. The minimum Gasteiger partial charge on any atom is -0.339 e. The van der Waals surface area contributed by atoms with Crippen LogP contribution in [0, 0.1) is 0 Å². The van der Waals surface area contributed by atoms with E-state index in [0.29, 0.717) is 16.5 Å². The lowest BCUT2D eigenvalue weighted by molar-refractivity contribution is 0.0724. The van der Waals surface area contributed by atoms with Crippen molar-refractivity contribution >= 4 is 40.2 Å². The molecule has 5 rings (SSSR count). The highest BCUT2D eigenvalue weighted by molar-refractivity contribution is 6.30. The van der Waals surface area contributed by atoms with Crippen molar-refractivity contribution < 1.29 is 4.79 Å². The molecule has 1 aromatic heterocycles. The summed E-state index contributed by atoms with van der Waals surface area (Å²) in [6.45, 7) is 1.66. The second kappa shape index (κ2) is 8.44. The molecular formula is C25H23ClN4O. The number of benzene rings is 3. The molecule has 1 saturated heterocycles. The van der Waals surface area contributed by atoms with E-state index < -0.39 is 0 Å². The van der Waals surface area contributed by atoms with Gasteiger partial charge < -0.3 is 10.2 Å². The Morgan fingerprint density at radius 1 is 0.903 bits per heavy atom. The Labute approximate surface area is 186 Å². The highest BCUT2D eigenvalue weighted by atomic mass is 35.5. The Kier molecular flexibility index (Phi) is 5.35. The number of nitrogens with one attached hydrogen (secondary N) is 1. The van der Waals surface area contributed by atoms with Crippen LogP contribution in [0.4, 0.5) is 11.6 Å². The molecule has 1 amide bonds. The van der Waals surface area contributed by atoms with Gasteiger partial charge in [0.25, 0.3) is 5.91 Å². The number of para-hydroxylation sites is 1. The maximum atomic E-state index is 13.0. The van der Waals surface area contributed by atoms with Crippen LogP contribution in [-0.4, -0.2) is 33.4 Å². The zero-order chi connectivity index (χ0) is 21.2. The van der Waals surface area contributed by atoms with Crippen molar-refractivity contribution in [3.05, 3.63) is 83.4 Å². The molecule has 31 heavy (non-hydrogen) atoms. The first kappa shape index (κ1) is 19.6. The average Bonchev–Trinajstić information content (AvgIpc) is 3.16. The van der Waals surface area contributed by atoms with Gasteiger partial charge in [-0.15, -0.1) is 0 Å². The number of aromatic nitrogens is 2. The van der Waals surface area contributed by atoms with Crippen LogP contribution >= 0.6 is 11.6 Å². The van der Waals surface area contributed by atoms with Gasteiger partial charge in [-0.2, -0.15) is 0 Å². The van der Waals surface area contributed by atoms with Gasteiger partial charge in [0.1, 0.15) is 0 Å². The number of amides is 1. The van der Waals surface area contributed by atoms with Crippen molar-refractivity contribution in [2.45, 2.75) is 19.3 Å². The van der Waals surface area contributed by atoms with Crippen LogP contribution in [0.3, 0.4) is 0 Å². The summed E-state index contributed by atoms with van der Waals surface area (Å²) >= 11 is 6.27. The fourth-order valence-electron chi connectivity index (χ4n) is 4.10. The van der Waals surface area contributed by atoms with Crippen LogP contribution in [0.5, 0.6) is 0 Å². The first-order chi connectivity index (χ1) is 15.2. The first-order valence-corrected chi connectivity index (χ1v) is 11.0. The molecule has 0 unspecified atom stereocenters. The van der Waals surface area contributed by atoms with Crippen molar-refractivity contribution in [3.8, 4) is 5.69 Å². The highest BCUT2D eigenvalue weighted by Gasteiger charge is 2.20. The Hall–Kier alpha value is -3.31. The van der Waals surface area contributed by atoms with Crippen LogP contribution in [0.15, 0.2) is 72.8 Å². The summed E-state index contributed by atoms with van der Waals surface area (Å²) < 4.78 is 2.03. The molecule has 1 aliphatic rings. The third-order valence-corrected chi connectivity index (χ3v) is 5.88. The Balaban J connectivity index is 1.60. The predicted molar refractivity (Wildman–Crippen MR) is 126 cm³/mol. The summed E-state index contributed by atoms with van der Waals surface area (Å²) in [7, 11) is 0. The maximum Gasteiger partial charge on any atom is 0.253 e. The largest absolute Gasteiger partial charge is 0.339 e. The number of carbonyl (C=O) groups is 1. The first-order valence-electron chi connectivity index (χ1n) is 10.6. The van der Waals surface area contributed by atoms with Crippen molar-refractivity contribution in [1.29, 1.82) is 0 Å². The second-order valence-corrected chi connectivity index (χ2v) is 8.23. The van der Waals surface area contributed by atoms with Crippen molar-refractivity contribution in [2.24, 2.45) is 0 Å². The van der Waals surface area contributed by atoms with E-state index in [4.69, 9.17) is 16.6 Å². The number of halogens is 1. The number of nitrogens with zero attached hydrogens (tertiary/aromatic N) is 3. The lowest BCUT2D eigenvalue weighted by atomic mass is 10.1. The summed E-state index contributed by atoms with van der Waals surface area (Å²) in [4.78, 5) is 19.8. The van der Waals surface area contributed by atoms with Crippen LogP contribution in [0.25, 0.3) is 16.7 Å². The van der Waals surface area contributed by atoms with Crippen LogP contribution in [0.1, 0.15) is 29.6 Å². The molecule has 1 aliphatic heterocycles. The molecule has 4 aromatic rings. The van der Waals surface area contributed by atoms with E-state index in [1.54, 1.807) is 0 Å². The van der Waals surface area contributed by atoms with Crippen LogP contribution in [-0.2, 0) is 0 Å². The number of fused-ring (bicyclic) bond motifs is 1. The highest BCUT2D eigenvalue weighted by Crippen LogP contribution is 2.29. The third-order valence-electron chi connectivity index (χ3n) is 5.64. The molecule has 0 bridgehead atoms. The van der Waals surface area contributed by atoms with Gasteiger partial charge in [0.05, 0.1) is 16.7 Å². The number of likely N-dealkylation sites (tertiary alicyclic amines) is 1. The molecule has 0 spiro atoms. The summed E-state index contributed by atoms with van der Waals surface area (Å²) in [5.41, 5.74) is 4.20. The molecule has 0 aliphatic carbocycles. The van der Waals surface area contributed by atoms with E-state index in [2.05, 4.69) is 5.32 Å². The van der Waals surface area contributed by atoms with Gasteiger partial charge in [-0.3, -0.25) is 9.36 Å². The molecular weight excluding hydrogens is 408 g/mol. The molecule has 1 fully saturated rings. The summed E-state index contributed by atoms with van der Waals surface area (Å²) in [6, 6.07) is 23.3. The molecule has 3 aromatic carbocycles. The van der Waals surface area contributed by atoms with E-state index >= 15 is 0 Å². The standard InChI is InChI=1S/C25H23ClN4O/c26-19-8-7-11-21(17-19)30-23-13-12-18(24(31)29-14-5-2-6-15-29)16-22(23)28-25(30)27-20-9-3-1-4-10-20/h1,3-4,7-13,16-17H,2,5-6,14-15H2,(H,27,28). The number of hydrogen-bond donors (Lipinski definition) is 1. The van der Waals surface area contributed by atoms with Crippen molar-refractivity contribution in [3.63, 3.8) is 0 Å². The van der Waals surface area contributed by atoms with Gasteiger partial charge in [0.2, 0.25) is 5.95 Å². The smallest absolute Gasteiger partial charge is 0.253 e. The Morgan fingerprint density at radius 3 is 2.48 bits per heavy atom. The number of hydrogen-bond acceptors (Lipinski definition) is 3. The van der Waals surface area contributed by atoms with Crippen LogP contribution in [0.2, 0.25) is 5.02 Å². The Bertz CT molecular complexity index is 1230. The Morgan fingerprint density at radius 2 is 1.71 bits per heavy atom. The van der Waals surface area contributed by atoms with Gasteiger partial charge in [0.15, 0.2) is 0 Å². The van der Waals surface area contributed by atoms with E-state index in [9.17, 15) is 4.79 Å². The number of imidazole rings is 1. The second-order valence-electron chi connectivity index (χ2n) is 7.80. The molecule has 156 valence electrons. The zero-order valence-electron chi connectivity index (χ0n) is 17.1. The number of anilines is 2. The fraction of sp³-hybridized carbons (Fsp3) is 0.200. The topological polar surface area (TPSA) is 50.2 Å². The number of carbonyl (C=O) groups excluding carboxylic acids is 1. The monoisotopic (exact) mass is 430 g/mol. The summed E-state index contributed by atoms with van der Waals surface area (Å²) in [6.07, 6.45) is 3.34. The minimum atomic E-state index is 0.0801.